The minimum absolute atomic E-state index is 0.462. The quantitative estimate of drug-likeness (QED) is 0.436. The highest BCUT2D eigenvalue weighted by Gasteiger charge is 2.18. The molecule has 0 unspecified atom stereocenters. The third-order valence-corrected chi connectivity index (χ3v) is 6.29. The van der Waals surface area contributed by atoms with Crippen molar-refractivity contribution in [1.29, 1.82) is 5.41 Å². The third-order valence-electron chi connectivity index (χ3n) is 6.29. The van der Waals surface area contributed by atoms with E-state index >= 15 is 0 Å². The Morgan fingerprint density at radius 1 is 0.935 bits per heavy atom. The zero-order valence-electron chi connectivity index (χ0n) is 18.3. The molecule has 2 aliphatic heterocycles. The summed E-state index contributed by atoms with van der Waals surface area (Å²) in [5.41, 5.74) is 6.74. The molecule has 2 heterocycles. The van der Waals surface area contributed by atoms with Gasteiger partial charge < -0.3 is 14.7 Å². The smallest absolute Gasteiger partial charge is 0.137 e. The summed E-state index contributed by atoms with van der Waals surface area (Å²) in [4.78, 5) is 4.65. The lowest BCUT2D eigenvalue weighted by atomic mass is 9.92. The molecule has 0 spiro atoms. The van der Waals surface area contributed by atoms with Crippen LogP contribution >= 0.6 is 0 Å². The average molecular weight is 412 g/mol. The second kappa shape index (κ2) is 8.20. The summed E-state index contributed by atoms with van der Waals surface area (Å²) >= 11 is 0. The van der Waals surface area contributed by atoms with Gasteiger partial charge in [-0.1, -0.05) is 24.6 Å². The molecule has 0 amide bonds. The van der Waals surface area contributed by atoms with Crippen molar-refractivity contribution in [3.8, 4) is 22.5 Å². The molecular weight excluding hydrogens is 382 g/mol. The number of nitrogens with zero attached hydrogens (tertiary/aromatic N) is 2. The fourth-order valence-electron chi connectivity index (χ4n) is 4.67. The van der Waals surface area contributed by atoms with Crippen LogP contribution in [0.4, 0.5) is 5.69 Å². The molecule has 0 bridgehead atoms. The van der Waals surface area contributed by atoms with Crippen LogP contribution in [-0.2, 0) is 6.54 Å². The van der Waals surface area contributed by atoms with Gasteiger partial charge in [0.15, 0.2) is 0 Å². The van der Waals surface area contributed by atoms with Crippen LogP contribution < -0.4 is 10.3 Å². The van der Waals surface area contributed by atoms with Gasteiger partial charge in [-0.2, -0.15) is 0 Å². The van der Waals surface area contributed by atoms with Crippen LogP contribution in [0.3, 0.4) is 0 Å². The Morgan fingerprint density at radius 2 is 1.77 bits per heavy atom. The molecule has 1 aliphatic carbocycles. The largest absolute Gasteiger partial charge is 0.456 e. The SMILES string of the molecule is CN(C)c1ccc2c(-c3cccc(CN4CCCCC4)c3)c3ccc(=N)cc-3oc2c1. The van der Waals surface area contributed by atoms with Crippen molar-refractivity contribution in [3.05, 3.63) is 71.6 Å². The number of fused-ring (bicyclic) bond motifs is 2. The van der Waals surface area contributed by atoms with Crippen LogP contribution in [0.2, 0.25) is 0 Å². The predicted octanol–water partition coefficient (Wildman–Crippen LogP) is 5.74. The van der Waals surface area contributed by atoms with Gasteiger partial charge in [-0.15, -0.1) is 0 Å². The molecule has 0 radical (unpaired) electrons. The molecule has 5 rings (SSSR count). The first-order chi connectivity index (χ1) is 15.1. The van der Waals surface area contributed by atoms with Gasteiger partial charge in [0.1, 0.15) is 11.3 Å². The van der Waals surface area contributed by atoms with Crippen LogP contribution in [0, 0.1) is 5.41 Å². The molecule has 0 saturated carbocycles. The lowest BCUT2D eigenvalue weighted by Gasteiger charge is -2.26. The number of hydrogen-bond donors (Lipinski definition) is 1. The summed E-state index contributed by atoms with van der Waals surface area (Å²) in [6.07, 6.45) is 3.96. The number of nitrogens with one attached hydrogen (secondary N) is 1. The van der Waals surface area contributed by atoms with Gasteiger partial charge >= 0.3 is 0 Å². The molecular formula is C27H29N3O. The standard InChI is InChI=1S/C27H29N3O/c1-29(2)22-10-12-24-26(17-22)31-25-16-21(28)9-11-23(25)27(24)20-8-6-7-19(15-20)18-30-13-4-3-5-14-30/h6-12,15-17,28H,3-5,13-14,18H2,1-2H3. The molecule has 3 aliphatic rings. The van der Waals surface area contributed by atoms with E-state index in [9.17, 15) is 0 Å². The summed E-state index contributed by atoms with van der Waals surface area (Å²) in [6, 6.07) is 21.0. The second-order valence-corrected chi connectivity index (χ2v) is 8.80. The highest BCUT2D eigenvalue weighted by atomic mass is 16.3. The average Bonchev–Trinajstić information content (AvgIpc) is 2.77. The number of likely N-dealkylation sites (tertiary alicyclic amines) is 1. The summed E-state index contributed by atoms with van der Waals surface area (Å²) in [7, 11) is 4.07. The van der Waals surface area contributed by atoms with Crippen LogP contribution in [0.5, 0.6) is 0 Å². The van der Waals surface area contributed by atoms with Crippen LogP contribution in [0.1, 0.15) is 24.8 Å². The first-order valence-electron chi connectivity index (χ1n) is 11.1. The van der Waals surface area contributed by atoms with Gasteiger partial charge in [0, 0.05) is 55.0 Å². The van der Waals surface area contributed by atoms with E-state index in [2.05, 4.69) is 52.3 Å². The third kappa shape index (κ3) is 3.96. The molecule has 31 heavy (non-hydrogen) atoms. The molecule has 1 fully saturated rings. The molecule has 158 valence electrons. The second-order valence-electron chi connectivity index (χ2n) is 8.80. The molecule has 0 aromatic heterocycles. The van der Waals surface area contributed by atoms with E-state index in [-0.39, 0.29) is 0 Å². The van der Waals surface area contributed by atoms with Crippen molar-refractivity contribution in [2.24, 2.45) is 0 Å². The maximum atomic E-state index is 8.07. The van der Waals surface area contributed by atoms with Crippen molar-refractivity contribution in [2.75, 3.05) is 32.1 Å². The minimum Gasteiger partial charge on any atom is -0.456 e. The Labute approximate surface area is 183 Å². The van der Waals surface area contributed by atoms with Crippen molar-refractivity contribution in [3.63, 3.8) is 0 Å². The number of anilines is 1. The molecule has 2 aromatic rings. The minimum atomic E-state index is 0.462. The van der Waals surface area contributed by atoms with E-state index in [1.54, 1.807) is 0 Å². The van der Waals surface area contributed by atoms with E-state index in [1.807, 2.05) is 32.3 Å². The first kappa shape index (κ1) is 19.8. The summed E-state index contributed by atoms with van der Waals surface area (Å²) in [5, 5.41) is 9.64. The van der Waals surface area contributed by atoms with Crippen LogP contribution in [0.25, 0.3) is 33.4 Å². The predicted molar refractivity (Wildman–Crippen MR) is 128 cm³/mol. The van der Waals surface area contributed by atoms with E-state index in [1.165, 1.54) is 49.0 Å². The van der Waals surface area contributed by atoms with Crippen molar-refractivity contribution in [2.45, 2.75) is 25.8 Å². The van der Waals surface area contributed by atoms with Gasteiger partial charge in [-0.25, -0.2) is 0 Å². The highest BCUT2D eigenvalue weighted by molar-refractivity contribution is 6.02. The molecule has 0 atom stereocenters. The lowest BCUT2D eigenvalue weighted by molar-refractivity contribution is 0.221. The number of rotatable bonds is 4. The van der Waals surface area contributed by atoms with E-state index in [0.29, 0.717) is 5.36 Å². The van der Waals surface area contributed by atoms with E-state index < -0.39 is 0 Å². The fraction of sp³-hybridized carbons (Fsp3) is 0.296. The summed E-state index contributed by atoms with van der Waals surface area (Å²) in [5.74, 6) is 0.757. The van der Waals surface area contributed by atoms with Crippen LogP contribution in [0.15, 0.2) is 65.1 Å². The lowest BCUT2D eigenvalue weighted by Crippen LogP contribution is -2.29. The normalized spacial score (nSPS) is 14.9. The highest BCUT2D eigenvalue weighted by Crippen LogP contribution is 2.41. The van der Waals surface area contributed by atoms with Crippen molar-refractivity contribution in [1.82, 2.24) is 4.90 Å². The Balaban J connectivity index is 1.67. The Hall–Kier alpha value is -3.11. The number of piperidine rings is 1. The first-order valence-corrected chi connectivity index (χ1v) is 11.1. The van der Waals surface area contributed by atoms with Gasteiger partial charge in [-0.05, 0) is 67.4 Å². The number of benzene rings is 3. The van der Waals surface area contributed by atoms with Crippen molar-refractivity contribution < 1.29 is 4.42 Å². The molecule has 1 N–H and O–H groups in total. The van der Waals surface area contributed by atoms with E-state index in [4.69, 9.17) is 9.83 Å². The molecule has 4 nitrogen and oxygen atoms in total. The fourth-order valence-corrected chi connectivity index (χ4v) is 4.67. The summed E-state index contributed by atoms with van der Waals surface area (Å²) in [6.45, 7) is 3.39. The van der Waals surface area contributed by atoms with Gasteiger partial charge in [0.25, 0.3) is 0 Å². The Kier molecular flexibility index (Phi) is 5.24. The van der Waals surface area contributed by atoms with Gasteiger partial charge in [-0.3, -0.25) is 4.90 Å². The van der Waals surface area contributed by atoms with E-state index in [0.717, 1.165) is 34.5 Å². The van der Waals surface area contributed by atoms with Gasteiger partial charge in [0.2, 0.25) is 0 Å². The maximum absolute atomic E-state index is 8.07. The molecule has 2 aromatic carbocycles. The Bertz CT molecular complexity index is 1250. The zero-order valence-corrected chi connectivity index (χ0v) is 18.3. The summed E-state index contributed by atoms with van der Waals surface area (Å²) < 4.78 is 6.28. The monoisotopic (exact) mass is 411 g/mol. The Morgan fingerprint density at radius 3 is 2.58 bits per heavy atom. The maximum Gasteiger partial charge on any atom is 0.137 e. The van der Waals surface area contributed by atoms with Crippen molar-refractivity contribution >= 4 is 16.7 Å². The van der Waals surface area contributed by atoms with Crippen LogP contribution in [-0.4, -0.2) is 32.1 Å². The van der Waals surface area contributed by atoms with Gasteiger partial charge in [0.05, 0.1) is 5.36 Å². The zero-order chi connectivity index (χ0) is 21.4. The molecule has 4 heteroatoms. The number of hydrogen-bond acceptors (Lipinski definition) is 4. The molecule has 1 saturated heterocycles. The topological polar surface area (TPSA) is 43.5 Å².